The number of rotatable bonds is 16. The number of esters is 2. The van der Waals surface area contributed by atoms with Crippen LogP contribution in [0.1, 0.15) is 129 Å². The third-order valence-corrected chi connectivity index (χ3v) is 5.68. The van der Waals surface area contributed by atoms with Gasteiger partial charge in [0.2, 0.25) is 0 Å². The van der Waals surface area contributed by atoms with Gasteiger partial charge in [-0.05, 0) is 38.5 Å². The molecule has 1 fully saturated rings. The second-order valence-corrected chi connectivity index (χ2v) is 8.38. The van der Waals surface area contributed by atoms with Crippen LogP contribution in [0.5, 0.6) is 0 Å². The van der Waals surface area contributed by atoms with E-state index >= 15 is 0 Å². The Labute approximate surface area is 173 Å². The molecule has 0 aliphatic heterocycles. The molecule has 28 heavy (non-hydrogen) atoms. The minimum atomic E-state index is -0.241. The Bertz CT molecular complexity index is 369. The van der Waals surface area contributed by atoms with Crippen LogP contribution in [0.25, 0.3) is 0 Å². The van der Waals surface area contributed by atoms with Crippen molar-refractivity contribution in [1.29, 1.82) is 0 Å². The van der Waals surface area contributed by atoms with E-state index in [0.717, 1.165) is 51.4 Å². The number of hydrogen-bond donors (Lipinski definition) is 0. The van der Waals surface area contributed by atoms with E-state index in [-0.39, 0.29) is 24.1 Å². The van der Waals surface area contributed by atoms with Crippen LogP contribution in [0.4, 0.5) is 0 Å². The summed E-state index contributed by atoms with van der Waals surface area (Å²) in [5.41, 5.74) is 0. The normalized spacial score (nSPS) is 19.4. The monoisotopic (exact) mass is 396 g/mol. The molecular weight excluding hydrogens is 352 g/mol. The second kappa shape index (κ2) is 16.9. The van der Waals surface area contributed by atoms with Gasteiger partial charge in [-0.2, -0.15) is 0 Å². The van der Waals surface area contributed by atoms with Crippen molar-refractivity contribution in [3.63, 3.8) is 0 Å². The Balaban J connectivity index is 2.21. The van der Waals surface area contributed by atoms with Crippen molar-refractivity contribution in [2.45, 2.75) is 142 Å². The van der Waals surface area contributed by atoms with Gasteiger partial charge in [0.15, 0.2) is 0 Å². The maximum Gasteiger partial charge on any atom is 0.306 e. The van der Waals surface area contributed by atoms with Crippen molar-refractivity contribution in [2.24, 2.45) is 0 Å². The van der Waals surface area contributed by atoms with Gasteiger partial charge >= 0.3 is 11.9 Å². The smallest absolute Gasteiger partial charge is 0.306 e. The van der Waals surface area contributed by atoms with E-state index in [2.05, 4.69) is 13.8 Å². The first kappa shape index (κ1) is 25.0. The summed E-state index contributed by atoms with van der Waals surface area (Å²) in [5.74, 6) is -0.251. The molecule has 1 aliphatic carbocycles. The fourth-order valence-corrected chi connectivity index (χ4v) is 3.89. The molecule has 1 saturated carbocycles. The molecule has 4 heteroatoms. The summed E-state index contributed by atoms with van der Waals surface area (Å²) in [4.78, 5) is 24.3. The van der Waals surface area contributed by atoms with E-state index in [1.54, 1.807) is 0 Å². The number of unbranched alkanes of at least 4 members (excludes halogenated alkanes) is 10. The highest BCUT2D eigenvalue weighted by Gasteiger charge is 2.31. The quantitative estimate of drug-likeness (QED) is 0.211. The molecule has 1 aliphatic rings. The maximum absolute atomic E-state index is 12.2. The molecule has 4 nitrogen and oxygen atoms in total. The minimum absolute atomic E-state index is 0.126. The Kier molecular flexibility index (Phi) is 15.0. The molecule has 0 saturated heterocycles. The van der Waals surface area contributed by atoms with Crippen molar-refractivity contribution in [1.82, 2.24) is 0 Å². The van der Waals surface area contributed by atoms with Crippen LogP contribution in [0.2, 0.25) is 0 Å². The third-order valence-electron chi connectivity index (χ3n) is 5.68. The Morgan fingerprint density at radius 2 is 0.964 bits per heavy atom. The molecule has 0 amide bonds. The van der Waals surface area contributed by atoms with Crippen molar-refractivity contribution >= 4 is 11.9 Å². The summed E-state index contributed by atoms with van der Waals surface area (Å²) in [6, 6.07) is 0. The van der Waals surface area contributed by atoms with Crippen LogP contribution < -0.4 is 0 Å². The number of carbonyl (C=O) groups excluding carboxylic acids is 2. The molecule has 0 spiro atoms. The van der Waals surface area contributed by atoms with Crippen LogP contribution in [-0.2, 0) is 19.1 Å². The molecule has 2 atom stereocenters. The van der Waals surface area contributed by atoms with Crippen LogP contribution in [-0.4, -0.2) is 24.1 Å². The minimum Gasteiger partial charge on any atom is -0.458 e. The molecule has 0 bridgehead atoms. The van der Waals surface area contributed by atoms with E-state index in [0.29, 0.717) is 12.8 Å². The van der Waals surface area contributed by atoms with Crippen LogP contribution in [0, 0.1) is 0 Å². The fraction of sp³-hybridized carbons (Fsp3) is 0.917. The van der Waals surface area contributed by atoms with E-state index in [1.807, 2.05) is 0 Å². The lowest BCUT2D eigenvalue weighted by atomic mass is 9.94. The SMILES string of the molecule is CCCCCCCCC(=O)O[C@@H]1CCCC[C@H]1OC(=O)CCCCCCCC. The van der Waals surface area contributed by atoms with E-state index in [4.69, 9.17) is 9.47 Å². The molecule has 0 aromatic carbocycles. The Hall–Kier alpha value is -1.06. The molecule has 1 rings (SSSR count). The van der Waals surface area contributed by atoms with Gasteiger partial charge in [-0.1, -0.05) is 78.1 Å². The van der Waals surface area contributed by atoms with Gasteiger partial charge in [0.1, 0.15) is 12.2 Å². The summed E-state index contributed by atoms with van der Waals surface area (Å²) in [6.45, 7) is 4.41. The van der Waals surface area contributed by atoms with E-state index in [9.17, 15) is 9.59 Å². The average Bonchev–Trinajstić information content (AvgIpc) is 2.69. The predicted molar refractivity (Wildman–Crippen MR) is 114 cm³/mol. The Morgan fingerprint density at radius 1 is 0.607 bits per heavy atom. The van der Waals surface area contributed by atoms with Crippen molar-refractivity contribution in [3.05, 3.63) is 0 Å². The zero-order chi connectivity index (χ0) is 20.5. The van der Waals surface area contributed by atoms with Gasteiger partial charge in [-0.25, -0.2) is 0 Å². The summed E-state index contributed by atoms with van der Waals surface area (Å²) in [7, 11) is 0. The molecule has 164 valence electrons. The van der Waals surface area contributed by atoms with Crippen molar-refractivity contribution in [3.8, 4) is 0 Å². The Morgan fingerprint density at radius 3 is 1.36 bits per heavy atom. The zero-order valence-electron chi connectivity index (χ0n) is 18.5. The molecule has 0 N–H and O–H groups in total. The summed E-state index contributed by atoms with van der Waals surface area (Å²) in [5, 5.41) is 0. The average molecular weight is 397 g/mol. The fourth-order valence-electron chi connectivity index (χ4n) is 3.89. The largest absolute Gasteiger partial charge is 0.458 e. The van der Waals surface area contributed by atoms with Crippen molar-refractivity contribution < 1.29 is 19.1 Å². The zero-order valence-corrected chi connectivity index (χ0v) is 18.5. The van der Waals surface area contributed by atoms with Gasteiger partial charge < -0.3 is 9.47 Å². The molecule has 0 aromatic rings. The summed E-state index contributed by atoms with van der Waals surface area (Å²) >= 11 is 0. The van der Waals surface area contributed by atoms with Crippen LogP contribution >= 0.6 is 0 Å². The van der Waals surface area contributed by atoms with Crippen molar-refractivity contribution in [2.75, 3.05) is 0 Å². The highest BCUT2D eigenvalue weighted by Crippen LogP contribution is 2.25. The van der Waals surface area contributed by atoms with Gasteiger partial charge in [0.25, 0.3) is 0 Å². The highest BCUT2D eigenvalue weighted by molar-refractivity contribution is 5.70. The first-order valence-corrected chi connectivity index (χ1v) is 12.1. The van der Waals surface area contributed by atoms with Gasteiger partial charge in [0.05, 0.1) is 0 Å². The topological polar surface area (TPSA) is 52.6 Å². The highest BCUT2D eigenvalue weighted by atomic mass is 16.6. The summed E-state index contributed by atoms with van der Waals surface area (Å²) in [6.07, 6.45) is 18.1. The number of carbonyl (C=O) groups is 2. The molecule has 0 heterocycles. The van der Waals surface area contributed by atoms with E-state index < -0.39 is 0 Å². The lowest BCUT2D eigenvalue weighted by molar-refractivity contribution is -0.171. The number of hydrogen-bond acceptors (Lipinski definition) is 4. The predicted octanol–water partition coefficient (Wildman–Crippen LogP) is 6.89. The first-order chi connectivity index (χ1) is 13.7. The second-order valence-electron chi connectivity index (χ2n) is 8.38. The van der Waals surface area contributed by atoms with Gasteiger partial charge in [0, 0.05) is 12.8 Å². The number of ether oxygens (including phenoxy) is 2. The molecule has 0 aromatic heterocycles. The maximum atomic E-state index is 12.2. The van der Waals surface area contributed by atoms with Crippen LogP contribution in [0.15, 0.2) is 0 Å². The van der Waals surface area contributed by atoms with E-state index in [1.165, 1.54) is 51.4 Å². The lowest BCUT2D eigenvalue weighted by Crippen LogP contribution is -2.37. The third kappa shape index (κ3) is 12.4. The summed E-state index contributed by atoms with van der Waals surface area (Å²) < 4.78 is 11.4. The molecular formula is C24H44O4. The molecule has 0 unspecified atom stereocenters. The van der Waals surface area contributed by atoms with Gasteiger partial charge in [-0.3, -0.25) is 9.59 Å². The first-order valence-electron chi connectivity index (χ1n) is 12.1. The van der Waals surface area contributed by atoms with Gasteiger partial charge in [-0.15, -0.1) is 0 Å². The molecule has 0 radical (unpaired) electrons. The van der Waals surface area contributed by atoms with Crippen LogP contribution in [0.3, 0.4) is 0 Å². The lowest BCUT2D eigenvalue weighted by Gasteiger charge is -2.30. The standard InChI is InChI=1S/C24H44O4/c1-3-5-7-9-11-13-19-23(25)27-21-17-15-16-18-22(21)28-24(26)20-14-12-10-8-6-4-2/h21-22H,3-20H2,1-2H3/t21-,22-/m1/s1.